The lowest BCUT2D eigenvalue weighted by Gasteiger charge is -2.07. The Morgan fingerprint density at radius 1 is 1.39 bits per heavy atom. The molecule has 2 rings (SSSR count). The quantitative estimate of drug-likeness (QED) is 0.757. The monoisotopic (exact) mass is 344 g/mol. The van der Waals surface area contributed by atoms with Crippen LogP contribution in [0.1, 0.15) is 15.2 Å². The van der Waals surface area contributed by atoms with E-state index in [1.165, 1.54) is 11.3 Å². The summed E-state index contributed by atoms with van der Waals surface area (Å²) in [6.07, 6.45) is 0.343. The van der Waals surface area contributed by atoms with Gasteiger partial charge < -0.3 is 4.74 Å². The van der Waals surface area contributed by atoms with Crippen molar-refractivity contribution in [2.75, 3.05) is 7.11 Å². The third-order valence-electron chi connectivity index (χ3n) is 2.43. The van der Waals surface area contributed by atoms with Gasteiger partial charge in [0.05, 0.1) is 17.0 Å². The predicted octanol–water partition coefficient (Wildman–Crippen LogP) is 4.60. The fourth-order valence-corrected chi connectivity index (χ4v) is 3.02. The van der Waals surface area contributed by atoms with E-state index in [0.717, 1.165) is 9.35 Å². The first-order valence-corrected chi connectivity index (χ1v) is 7.20. The molecule has 0 saturated carbocycles. The Morgan fingerprint density at radius 3 is 2.78 bits per heavy atom. The fraction of sp³-hybridized carbons (Fsp3) is 0.154. The second-order valence-corrected chi connectivity index (χ2v) is 6.37. The number of rotatable bonds is 4. The minimum absolute atomic E-state index is 0.0258. The van der Waals surface area contributed by atoms with Gasteiger partial charge in [0.15, 0.2) is 5.78 Å². The van der Waals surface area contributed by atoms with Gasteiger partial charge >= 0.3 is 0 Å². The lowest BCUT2D eigenvalue weighted by Crippen LogP contribution is -2.04. The smallest absolute Gasteiger partial charge is 0.171 e. The third-order valence-corrected chi connectivity index (χ3v) is 4.15. The third kappa shape index (κ3) is 3.13. The number of hydrogen-bond donors (Lipinski definition) is 0. The zero-order valence-electron chi connectivity index (χ0n) is 9.57. The molecule has 0 unspecified atom stereocenters. The molecule has 0 atom stereocenters. The molecule has 0 N–H and O–H groups in total. The van der Waals surface area contributed by atoms with E-state index in [2.05, 4.69) is 15.9 Å². The lowest BCUT2D eigenvalue weighted by molar-refractivity contribution is 0.0991. The molecule has 1 heterocycles. The maximum Gasteiger partial charge on any atom is 0.171 e. The molecule has 0 spiro atoms. The van der Waals surface area contributed by atoms with E-state index >= 15 is 0 Å². The molecule has 0 fully saturated rings. The molecule has 2 nitrogen and oxygen atoms in total. The van der Waals surface area contributed by atoms with E-state index in [9.17, 15) is 4.79 Å². The van der Waals surface area contributed by atoms with Crippen LogP contribution in [-0.4, -0.2) is 12.9 Å². The van der Waals surface area contributed by atoms with Gasteiger partial charge in [0.2, 0.25) is 0 Å². The summed E-state index contributed by atoms with van der Waals surface area (Å²) in [5, 5.41) is 0. The van der Waals surface area contributed by atoms with Gasteiger partial charge in [0.1, 0.15) is 5.75 Å². The number of benzene rings is 1. The number of halogens is 2. The molecule has 5 heteroatoms. The van der Waals surface area contributed by atoms with E-state index in [0.29, 0.717) is 22.1 Å². The Balaban J connectivity index is 2.23. The van der Waals surface area contributed by atoms with E-state index in [-0.39, 0.29) is 5.78 Å². The Bertz CT molecular complexity index is 580. The SMILES string of the molecule is COc1cc(Br)ccc1C(=O)Cc1ccc(Cl)s1. The topological polar surface area (TPSA) is 26.3 Å². The van der Waals surface area contributed by atoms with Crippen molar-refractivity contribution in [3.8, 4) is 5.75 Å². The number of methoxy groups -OCH3 is 1. The Hall–Kier alpha value is -0.840. The highest BCUT2D eigenvalue weighted by Gasteiger charge is 2.14. The van der Waals surface area contributed by atoms with Crippen molar-refractivity contribution in [2.45, 2.75) is 6.42 Å². The summed E-state index contributed by atoms with van der Waals surface area (Å²) in [5.74, 6) is 0.606. The number of hydrogen-bond acceptors (Lipinski definition) is 3. The van der Waals surface area contributed by atoms with Crippen LogP contribution in [0, 0.1) is 0 Å². The summed E-state index contributed by atoms with van der Waals surface area (Å²) >= 11 is 10.6. The summed E-state index contributed by atoms with van der Waals surface area (Å²) in [5.41, 5.74) is 0.588. The average molecular weight is 346 g/mol. The second kappa shape index (κ2) is 5.87. The van der Waals surface area contributed by atoms with Crippen LogP contribution >= 0.6 is 38.9 Å². The van der Waals surface area contributed by atoms with Crippen molar-refractivity contribution in [3.05, 3.63) is 49.6 Å². The van der Waals surface area contributed by atoms with Crippen molar-refractivity contribution in [3.63, 3.8) is 0 Å². The van der Waals surface area contributed by atoms with Gasteiger partial charge in [0, 0.05) is 15.8 Å². The first-order chi connectivity index (χ1) is 8.60. The number of thiophene rings is 1. The van der Waals surface area contributed by atoms with Gasteiger partial charge in [-0.1, -0.05) is 27.5 Å². The highest BCUT2D eigenvalue weighted by Crippen LogP contribution is 2.27. The number of ether oxygens (including phenoxy) is 1. The molecule has 0 aliphatic heterocycles. The van der Waals surface area contributed by atoms with Crippen LogP contribution in [0.15, 0.2) is 34.8 Å². The van der Waals surface area contributed by atoms with Gasteiger partial charge in [-0.05, 0) is 30.3 Å². The predicted molar refractivity (Wildman–Crippen MR) is 78.1 cm³/mol. The first kappa shape index (κ1) is 13.6. The molecule has 0 aliphatic rings. The molecule has 2 aromatic rings. The molecule has 0 saturated heterocycles. The molecule has 94 valence electrons. The van der Waals surface area contributed by atoms with Crippen LogP contribution in [0.2, 0.25) is 4.34 Å². The Kier molecular flexibility index (Phi) is 4.43. The summed E-state index contributed by atoms with van der Waals surface area (Å²) in [6.45, 7) is 0. The molecule has 0 bridgehead atoms. The zero-order valence-corrected chi connectivity index (χ0v) is 12.7. The van der Waals surface area contributed by atoms with Crippen molar-refractivity contribution < 1.29 is 9.53 Å². The highest BCUT2D eigenvalue weighted by atomic mass is 79.9. The van der Waals surface area contributed by atoms with Gasteiger partial charge in [0.25, 0.3) is 0 Å². The van der Waals surface area contributed by atoms with Crippen LogP contribution in [0.5, 0.6) is 5.75 Å². The van der Waals surface area contributed by atoms with E-state index in [4.69, 9.17) is 16.3 Å². The summed E-state index contributed by atoms with van der Waals surface area (Å²) in [6, 6.07) is 9.05. The largest absolute Gasteiger partial charge is 0.496 e. The molecular weight excluding hydrogens is 336 g/mol. The van der Waals surface area contributed by atoms with Crippen molar-refractivity contribution in [1.82, 2.24) is 0 Å². The maximum atomic E-state index is 12.2. The molecule has 0 radical (unpaired) electrons. The van der Waals surface area contributed by atoms with Gasteiger partial charge in [-0.2, -0.15) is 0 Å². The molecule has 1 aromatic carbocycles. The number of ketones is 1. The Morgan fingerprint density at radius 2 is 2.17 bits per heavy atom. The van der Waals surface area contributed by atoms with Crippen LogP contribution in [0.4, 0.5) is 0 Å². The standard InChI is InChI=1S/C13H10BrClO2S/c1-17-12-6-8(14)2-4-10(12)11(16)7-9-3-5-13(15)18-9/h2-6H,7H2,1H3. The summed E-state index contributed by atoms with van der Waals surface area (Å²) < 4.78 is 6.80. The number of carbonyl (C=O) groups excluding carboxylic acids is 1. The Labute approximate surface area is 123 Å². The van der Waals surface area contributed by atoms with Crippen LogP contribution < -0.4 is 4.74 Å². The first-order valence-electron chi connectivity index (χ1n) is 5.21. The van der Waals surface area contributed by atoms with Crippen molar-refractivity contribution in [2.24, 2.45) is 0 Å². The molecule has 18 heavy (non-hydrogen) atoms. The normalized spacial score (nSPS) is 10.4. The lowest BCUT2D eigenvalue weighted by atomic mass is 10.1. The van der Waals surface area contributed by atoms with E-state index in [1.807, 2.05) is 12.1 Å². The van der Waals surface area contributed by atoms with Crippen LogP contribution in [0.3, 0.4) is 0 Å². The molecule has 0 amide bonds. The zero-order chi connectivity index (χ0) is 13.1. The highest BCUT2D eigenvalue weighted by molar-refractivity contribution is 9.10. The van der Waals surface area contributed by atoms with Crippen molar-refractivity contribution >= 4 is 44.7 Å². The molecular formula is C13H10BrClO2S. The summed E-state index contributed by atoms with van der Waals surface area (Å²) in [7, 11) is 1.56. The van der Waals surface area contributed by atoms with Crippen molar-refractivity contribution in [1.29, 1.82) is 0 Å². The van der Waals surface area contributed by atoms with Crippen LogP contribution in [-0.2, 0) is 6.42 Å². The van der Waals surface area contributed by atoms with Gasteiger partial charge in [-0.3, -0.25) is 4.79 Å². The van der Waals surface area contributed by atoms with E-state index < -0.39 is 0 Å². The second-order valence-electron chi connectivity index (χ2n) is 3.65. The van der Waals surface area contributed by atoms with Crippen LogP contribution in [0.25, 0.3) is 0 Å². The molecule has 1 aromatic heterocycles. The van der Waals surface area contributed by atoms with E-state index in [1.54, 1.807) is 25.3 Å². The molecule has 0 aliphatic carbocycles. The van der Waals surface area contributed by atoms with Gasteiger partial charge in [-0.25, -0.2) is 0 Å². The number of Topliss-reactive ketones (excluding diaryl/α,β-unsaturated/α-hetero) is 1. The fourth-order valence-electron chi connectivity index (χ4n) is 1.60. The number of carbonyl (C=O) groups is 1. The average Bonchev–Trinajstić information content (AvgIpc) is 2.74. The van der Waals surface area contributed by atoms with Gasteiger partial charge in [-0.15, -0.1) is 11.3 Å². The minimum Gasteiger partial charge on any atom is -0.496 e. The summed E-state index contributed by atoms with van der Waals surface area (Å²) in [4.78, 5) is 13.1. The minimum atomic E-state index is 0.0258. The maximum absolute atomic E-state index is 12.2.